The lowest BCUT2D eigenvalue weighted by Crippen LogP contribution is -2.40. The molecule has 1 fully saturated rings. The summed E-state index contributed by atoms with van der Waals surface area (Å²) in [5.41, 5.74) is 2.51. The van der Waals surface area contributed by atoms with Gasteiger partial charge in [-0.2, -0.15) is 0 Å². The van der Waals surface area contributed by atoms with Gasteiger partial charge in [-0.05, 0) is 50.1 Å². The molecule has 0 saturated carbocycles. The van der Waals surface area contributed by atoms with Gasteiger partial charge in [0.1, 0.15) is 0 Å². The maximum atomic E-state index is 5.38. The third-order valence-electron chi connectivity index (χ3n) is 4.10. The van der Waals surface area contributed by atoms with Gasteiger partial charge in [0, 0.05) is 30.7 Å². The van der Waals surface area contributed by atoms with Gasteiger partial charge in [-0.3, -0.25) is 4.90 Å². The predicted octanol–water partition coefficient (Wildman–Crippen LogP) is 3.15. The smallest absolute Gasteiger partial charge is 0.191 e. The highest BCUT2D eigenvalue weighted by Crippen LogP contribution is 2.16. The van der Waals surface area contributed by atoms with Gasteiger partial charge in [-0.25, -0.2) is 4.99 Å². The first-order chi connectivity index (χ1) is 11.7. The summed E-state index contributed by atoms with van der Waals surface area (Å²) >= 11 is 3.50. The van der Waals surface area contributed by atoms with Crippen molar-refractivity contribution in [2.45, 2.75) is 26.8 Å². The number of halogens is 2. The van der Waals surface area contributed by atoms with Crippen molar-refractivity contribution in [3.63, 3.8) is 0 Å². The number of aliphatic imine (C=N–C) groups is 1. The summed E-state index contributed by atoms with van der Waals surface area (Å²) in [5, 5.41) is 6.75. The fraction of sp³-hybridized carbons (Fsp3) is 0.611. The van der Waals surface area contributed by atoms with Gasteiger partial charge >= 0.3 is 0 Å². The van der Waals surface area contributed by atoms with Gasteiger partial charge in [0.25, 0.3) is 0 Å². The maximum absolute atomic E-state index is 5.38. The molecule has 1 aromatic rings. The van der Waals surface area contributed by atoms with E-state index in [4.69, 9.17) is 9.73 Å². The minimum absolute atomic E-state index is 0. The number of morpholine rings is 1. The number of aryl methyl sites for hydroxylation is 1. The van der Waals surface area contributed by atoms with Gasteiger partial charge in [0.05, 0.1) is 19.8 Å². The Morgan fingerprint density at radius 3 is 2.72 bits per heavy atom. The van der Waals surface area contributed by atoms with Crippen molar-refractivity contribution < 1.29 is 4.74 Å². The Labute approximate surface area is 177 Å². The van der Waals surface area contributed by atoms with Gasteiger partial charge in [-0.15, -0.1) is 24.0 Å². The highest BCUT2D eigenvalue weighted by molar-refractivity contribution is 14.0. The van der Waals surface area contributed by atoms with Gasteiger partial charge in [0.15, 0.2) is 5.96 Å². The molecule has 25 heavy (non-hydrogen) atoms. The van der Waals surface area contributed by atoms with Crippen molar-refractivity contribution in [1.82, 2.24) is 15.5 Å². The quantitative estimate of drug-likeness (QED) is 0.249. The summed E-state index contributed by atoms with van der Waals surface area (Å²) in [5.74, 6) is 0.891. The number of guanidine groups is 1. The molecular formula is C18H30BrIN4O. The van der Waals surface area contributed by atoms with Crippen LogP contribution in [0.1, 0.15) is 24.5 Å². The number of nitrogens with zero attached hydrogens (tertiary/aromatic N) is 2. The molecule has 1 aliphatic rings. The molecule has 0 atom stereocenters. The van der Waals surface area contributed by atoms with Crippen LogP contribution in [0.2, 0.25) is 0 Å². The summed E-state index contributed by atoms with van der Waals surface area (Å²) in [6, 6.07) is 6.33. The Balaban J connectivity index is 0.00000312. The van der Waals surface area contributed by atoms with E-state index in [-0.39, 0.29) is 24.0 Å². The summed E-state index contributed by atoms with van der Waals surface area (Å²) in [6.45, 7) is 11.7. The first-order valence-corrected chi connectivity index (χ1v) is 9.55. The largest absolute Gasteiger partial charge is 0.379 e. The van der Waals surface area contributed by atoms with Crippen LogP contribution in [-0.4, -0.2) is 56.8 Å². The first kappa shape index (κ1) is 22.7. The summed E-state index contributed by atoms with van der Waals surface area (Å²) in [7, 11) is 0. The number of nitrogens with one attached hydrogen (secondary N) is 2. The SMILES string of the molecule is CCNC(=NCc1ccc(Br)cc1C)NCCCN1CCOCC1.I. The second-order valence-corrected chi connectivity index (χ2v) is 6.92. The van der Waals surface area contributed by atoms with Crippen LogP contribution >= 0.6 is 39.9 Å². The van der Waals surface area contributed by atoms with E-state index in [0.29, 0.717) is 6.54 Å². The zero-order valence-electron chi connectivity index (χ0n) is 15.2. The van der Waals surface area contributed by atoms with Crippen LogP contribution in [0, 0.1) is 6.92 Å². The standard InChI is InChI=1S/C18H29BrN4O.HI/c1-3-20-18(21-7-4-8-23-9-11-24-12-10-23)22-14-16-5-6-17(19)13-15(16)2;/h5-6,13H,3-4,7-12,14H2,1-2H3,(H2,20,21,22);1H. The highest BCUT2D eigenvalue weighted by Gasteiger charge is 2.09. The summed E-state index contributed by atoms with van der Waals surface area (Å²) < 4.78 is 6.49. The number of rotatable bonds is 7. The van der Waals surface area contributed by atoms with E-state index >= 15 is 0 Å². The molecule has 2 N–H and O–H groups in total. The Kier molecular flexibility index (Phi) is 11.7. The van der Waals surface area contributed by atoms with Crippen LogP contribution in [0.5, 0.6) is 0 Å². The molecule has 0 unspecified atom stereocenters. The van der Waals surface area contributed by atoms with E-state index < -0.39 is 0 Å². The predicted molar refractivity (Wildman–Crippen MR) is 119 cm³/mol. The van der Waals surface area contributed by atoms with Crippen LogP contribution in [0.3, 0.4) is 0 Å². The molecule has 1 saturated heterocycles. The summed E-state index contributed by atoms with van der Waals surface area (Å²) in [6.07, 6.45) is 1.11. The highest BCUT2D eigenvalue weighted by atomic mass is 127. The lowest BCUT2D eigenvalue weighted by molar-refractivity contribution is 0.0376. The van der Waals surface area contributed by atoms with Crippen molar-refractivity contribution in [1.29, 1.82) is 0 Å². The minimum atomic E-state index is 0. The van der Waals surface area contributed by atoms with E-state index in [1.165, 1.54) is 11.1 Å². The Morgan fingerprint density at radius 1 is 1.28 bits per heavy atom. The zero-order valence-corrected chi connectivity index (χ0v) is 19.1. The molecule has 0 radical (unpaired) electrons. The van der Waals surface area contributed by atoms with Crippen molar-refractivity contribution in [2.24, 2.45) is 4.99 Å². The fourth-order valence-electron chi connectivity index (χ4n) is 2.68. The number of benzene rings is 1. The molecule has 0 amide bonds. The lowest BCUT2D eigenvalue weighted by atomic mass is 10.1. The molecular weight excluding hydrogens is 495 g/mol. The van der Waals surface area contributed by atoms with Crippen LogP contribution in [0.4, 0.5) is 0 Å². The maximum Gasteiger partial charge on any atom is 0.191 e. The van der Waals surface area contributed by atoms with E-state index in [1.807, 2.05) is 0 Å². The molecule has 0 aromatic heterocycles. The average molecular weight is 525 g/mol. The average Bonchev–Trinajstić information content (AvgIpc) is 2.58. The number of hydrogen-bond acceptors (Lipinski definition) is 3. The normalized spacial score (nSPS) is 15.6. The molecule has 7 heteroatoms. The molecule has 0 spiro atoms. The van der Waals surface area contributed by atoms with Crippen LogP contribution in [-0.2, 0) is 11.3 Å². The fourth-order valence-corrected chi connectivity index (χ4v) is 3.15. The molecule has 1 aromatic carbocycles. The van der Waals surface area contributed by atoms with Gasteiger partial charge in [0.2, 0.25) is 0 Å². The van der Waals surface area contributed by atoms with E-state index in [2.05, 4.69) is 63.5 Å². The van der Waals surface area contributed by atoms with Crippen LogP contribution in [0.25, 0.3) is 0 Å². The summed E-state index contributed by atoms with van der Waals surface area (Å²) in [4.78, 5) is 7.16. The van der Waals surface area contributed by atoms with Crippen molar-refractivity contribution in [2.75, 3.05) is 45.9 Å². The zero-order chi connectivity index (χ0) is 17.2. The third kappa shape index (κ3) is 8.70. The molecule has 142 valence electrons. The third-order valence-corrected chi connectivity index (χ3v) is 4.60. The Morgan fingerprint density at radius 2 is 2.04 bits per heavy atom. The van der Waals surface area contributed by atoms with Gasteiger partial charge < -0.3 is 15.4 Å². The Hall–Kier alpha value is -0.380. The van der Waals surface area contributed by atoms with Gasteiger partial charge in [-0.1, -0.05) is 22.0 Å². The molecule has 0 bridgehead atoms. The van der Waals surface area contributed by atoms with Crippen molar-refractivity contribution in [3.05, 3.63) is 33.8 Å². The number of hydrogen-bond donors (Lipinski definition) is 2. The number of ether oxygens (including phenoxy) is 1. The second-order valence-electron chi connectivity index (χ2n) is 6.00. The minimum Gasteiger partial charge on any atom is -0.379 e. The van der Waals surface area contributed by atoms with E-state index in [1.54, 1.807) is 0 Å². The topological polar surface area (TPSA) is 48.9 Å². The lowest BCUT2D eigenvalue weighted by Gasteiger charge is -2.26. The molecule has 5 nitrogen and oxygen atoms in total. The first-order valence-electron chi connectivity index (χ1n) is 8.76. The molecule has 1 aliphatic heterocycles. The Bertz CT molecular complexity index is 536. The molecule has 2 rings (SSSR count). The monoisotopic (exact) mass is 524 g/mol. The van der Waals surface area contributed by atoms with Crippen LogP contribution in [0.15, 0.2) is 27.7 Å². The van der Waals surface area contributed by atoms with E-state index in [9.17, 15) is 0 Å². The van der Waals surface area contributed by atoms with Crippen molar-refractivity contribution in [3.8, 4) is 0 Å². The molecule has 1 heterocycles. The van der Waals surface area contributed by atoms with E-state index in [0.717, 1.165) is 62.8 Å². The van der Waals surface area contributed by atoms with Crippen LogP contribution < -0.4 is 10.6 Å². The molecule has 0 aliphatic carbocycles. The second kappa shape index (κ2) is 12.9. The van der Waals surface area contributed by atoms with Crippen molar-refractivity contribution >= 4 is 45.9 Å².